The average molecular weight is 396 g/mol. The quantitative estimate of drug-likeness (QED) is 0.748. The maximum Gasteiger partial charge on any atom is 0.257 e. The standard InChI is InChI=1S/C22H28N4O3/c1-15-7-8-18(11-16(15)2)29-14-20(27)25-12-17-5-4-10-26(13-17)22-19(21(23)28)6-3-9-24-22/h3,6-9,11,17H,4-5,10,12-14H2,1-2H3,(H2,23,28)(H,25,27). The van der Waals surface area contributed by atoms with Crippen LogP contribution in [0, 0.1) is 19.8 Å². The van der Waals surface area contributed by atoms with E-state index in [0.29, 0.717) is 23.7 Å². The van der Waals surface area contributed by atoms with Crippen molar-refractivity contribution in [1.82, 2.24) is 10.3 Å². The van der Waals surface area contributed by atoms with E-state index < -0.39 is 5.91 Å². The second kappa shape index (κ2) is 9.41. The summed E-state index contributed by atoms with van der Waals surface area (Å²) in [5.41, 5.74) is 8.23. The van der Waals surface area contributed by atoms with Crippen LogP contribution in [0.15, 0.2) is 36.5 Å². The molecule has 1 fully saturated rings. The van der Waals surface area contributed by atoms with Gasteiger partial charge in [-0.25, -0.2) is 4.98 Å². The number of carbonyl (C=O) groups excluding carboxylic acids is 2. The molecule has 1 aromatic carbocycles. The van der Waals surface area contributed by atoms with E-state index in [1.807, 2.05) is 32.0 Å². The lowest BCUT2D eigenvalue weighted by molar-refractivity contribution is -0.123. The van der Waals surface area contributed by atoms with Crippen LogP contribution in [-0.4, -0.2) is 43.0 Å². The summed E-state index contributed by atoms with van der Waals surface area (Å²) < 4.78 is 5.59. The number of nitrogens with zero attached hydrogens (tertiary/aromatic N) is 2. The first-order valence-electron chi connectivity index (χ1n) is 9.90. The van der Waals surface area contributed by atoms with Gasteiger partial charge in [0.1, 0.15) is 11.6 Å². The Kier molecular flexibility index (Phi) is 6.69. The van der Waals surface area contributed by atoms with Gasteiger partial charge < -0.3 is 20.7 Å². The highest BCUT2D eigenvalue weighted by Gasteiger charge is 2.24. The zero-order valence-corrected chi connectivity index (χ0v) is 17.0. The highest BCUT2D eigenvalue weighted by atomic mass is 16.5. The molecule has 0 aliphatic carbocycles. The SMILES string of the molecule is Cc1ccc(OCC(=O)NCC2CCCN(c3ncccc3C(N)=O)C2)cc1C. The topological polar surface area (TPSA) is 97.6 Å². The molecule has 1 atom stereocenters. The lowest BCUT2D eigenvalue weighted by Crippen LogP contribution is -2.42. The first kappa shape index (κ1) is 20.6. The number of hydrogen-bond acceptors (Lipinski definition) is 5. The molecule has 0 radical (unpaired) electrons. The zero-order chi connectivity index (χ0) is 20.8. The predicted octanol–water partition coefficient (Wildman–Crippen LogP) is 2.21. The fourth-order valence-corrected chi connectivity index (χ4v) is 3.53. The first-order chi connectivity index (χ1) is 13.9. The Balaban J connectivity index is 1.50. The maximum absolute atomic E-state index is 12.2. The molecule has 7 heteroatoms. The normalized spacial score (nSPS) is 16.3. The summed E-state index contributed by atoms with van der Waals surface area (Å²) in [5, 5.41) is 2.96. The summed E-state index contributed by atoms with van der Waals surface area (Å²) >= 11 is 0. The lowest BCUT2D eigenvalue weighted by atomic mass is 9.97. The van der Waals surface area contributed by atoms with Crippen LogP contribution in [0.4, 0.5) is 5.82 Å². The van der Waals surface area contributed by atoms with Gasteiger partial charge in [-0.05, 0) is 68.0 Å². The molecule has 1 unspecified atom stereocenters. The van der Waals surface area contributed by atoms with Crippen LogP contribution in [0.3, 0.4) is 0 Å². The fraction of sp³-hybridized carbons (Fsp3) is 0.409. The summed E-state index contributed by atoms with van der Waals surface area (Å²) in [4.78, 5) is 30.3. The molecule has 2 aromatic rings. The molecule has 1 aliphatic rings. The van der Waals surface area contributed by atoms with Gasteiger partial charge in [0.05, 0.1) is 5.56 Å². The lowest BCUT2D eigenvalue weighted by Gasteiger charge is -2.34. The van der Waals surface area contributed by atoms with Crippen molar-refractivity contribution in [3.63, 3.8) is 0 Å². The number of primary amides is 1. The van der Waals surface area contributed by atoms with Crippen LogP contribution in [-0.2, 0) is 4.79 Å². The molecule has 1 aromatic heterocycles. The minimum absolute atomic E-state index is 0.00893. The Labute approximate surface area is 171 Å². The number of aryl methyl sites for hydroxylation is 2. The number of benzene rings is 1. The van der Waals surface area contributed by atoms with Crippen LogP contribution < -0.4 is 20.7 Å². The summed E-state index contributed by atoms with van der Waals surface area (Å²) in [5.74, 6) is 0.968. The molecule has 154 valence electrons. The molecule has 29 heavy (non-hydrogen) atoms. The van der Waals surface area contributed by atoms with E-state index in [0.717, 1.165) is 31.5 Å². The van der Waals surface area contributed by atoms with Crippen LogP contribution in [0.2, 0.25) is 0 Å². The van der Waals surface area contributed by atoms with Crippen molar-refractivity contribution in [2.24, 2.45) is 11.7 Å². The number of aromatic nitrogens is 1. The van der Waals surface area contributed by atoms with Gasteiger partial charge in [-0.15, -0.1) is 0 Å². The molecule has 7 nitrogen and oxygen atoms in total. The third-order valence-electron chi connectivity index (χ3n) is 5.31. The summed E-state index contributed by atoms with van der Waals surface area (Å²) in [6.07, 6.45) is 3.64. The largest absolute Gasteiger partial charge is 0.484 e. The van der Waals surface area contributed by atoms with E-state index in [2.05, 4.69) is 15.2 Å². The van der Waals surface area contributed by atoms with Gasteiger partial charge in [-0.1, -0.05) is 6.07 Å². The average Bonchev–Trinajstić information content (AvgIpc) is 2.73. The van der Waals surface area contributed by atoms with Crippen LogP contribution in [0.1, 0.15) is 34.3 Å². The predicted molar refractivity (Wildman–Crippen MR) is 112 cm³/mol. The highest BCUT2D eigenvalue weighted by Crippen LogP contribution is 2.24. The second-order valence-corrected chi connectivity index (χ2v) is 7.53. The summed E-state index contributed by atoms with van der Waals surface area (Å²) in [6, 6.07) is 9.20. The van der Waals surface area contributed by atoms with Crippen molar-refractivity contribution in [1.29, 1.82) is 0 Å². The first-order valence-corrected chi connectivity index (χ1v) is 9.90. The van der Waals surface area contributed by atoms with E-state index in [1.165, 1.54) is 5.56 Å². The molecule has 1 saturated heterocycles. The smallest absolute Gasteiger partial charge is 0.257 e. The van der Waals surface area contributed by atoms with Gasteiger partial charge in [0, 0.05) is 25.8 Å². The number of amides is 2. The Morgan fingerprint density at radius 3 is 2.86 bits per heavy atom. The minimum atomic E-state index is -0.480. The molecule has 0 spiro atoms. The molecule has 1 aliphatic heterocycles. The number of pyridine rings is 1. The third-order valence-corrected chi connectivity index (χ3v) is 5.31. The molecular formula is C22H28N4O3. The van der Waals surface area contributed by atoms with Crippen molar-refractivity contribution in [2.45, 2.75) is 26.7 Å². The monoisotopic (exact) mass is 396 g/mol. The van der Waals surface area contributed by atoms with E-state index >= 15 is 0 Å². The van der Waals surface area contributed by atoms with Crippen molar-refractivity contribution in [3.8, 4) is 5.75 Å². The van der Waals surface area contributed by atoms with Crippen molar-refractivity contribution < 1.29 is 14.3 Å². The van der Waals surface area contributed by atoms with Gasteiger partial charge in [0.2, 0.25) is 0 Å². The van der Waals surface area contributed by atoms with E-state index in [-0.39, 0.29) is 18.4 Å². The third kappa shape index (κ3) is 5.47. The van der Waals surface area contributed by atoms with Crippen molar-refractivity contribution >= 4 is 17.6 Å². The van der Waals surface area contributed by atoms with Crippen molar-refractivity contribution in [3.05, 3.63) is 53.2 Å². The number of nitrogens with one attached hydrogen (secondary N) is 1. The van der Waals surface area contributed by atoms with Gasteiger partial charge in [0.15, 0.2) is 6.61 Å². The molecule has 2 amide bonds. The van der Waals surface area contributed by atoms with E-state index in [4.69, 9.17) is 10.5 Å². The molecule has 3 N–H and O–H groups in total. The number of hydrogen-bond donors (Lipinski definition) is 2. The summed E-state index contributed by atoms with van der Waals surface area (Å²) in [7, 11) is 0. The molecule has 0 bridgehead atoms. The minimum Gasteiger partial charge on any atom is -0.484 e. The summed E-state index contributed by atoms with van der Waals surface area (Å²) in [6.45, 7) is 6.14. The molecular weight excluding hydrogens is 368 g/mol. The fourth-order valence-electron chi connectivity index (χ4n) is 3.53. The van der Waals surface area contributed by atoms with Crippen LogP contribution >= 0.6 is 0 Å². The van der Waals surface area contributed by atoms with Gasteiger partial charge in [-0.3, -0.25) is 9.59 Å². The number of carbonyl (C=O) groups is 2. The number of anilines is 1. The Hall–Kier alpha value is -3.09. The number of rotatable bonds is 7. The number of piperidine rings is 1. The van der Waals surface area contributed by atoms with Gasteiger partial charge in [-0.2, -0.15) is 0 Å². The molecule has 0 saturated carbocycles. The van der Waals surface area contributed by atoms with Gasteiger partial charge in [0.25, 0.3) is 11.8 Å². The van der Waals surface area contributed by atoms with E-state index in [1.54, 1.807) is 18.3 Å². The highest BCUT2D eigenvalue weighted by molar-refractivity contribution is 5.97. The number of ether oxygens (including phenoxy) is 1. The Morgan fingerprint density at radius 2 is 2.10 bits per heavy atom. The van der Waals surface area contributed by atoms with E-state index in [9.17, 15) is 9.59 Å². The molecule has 3 rings (SSSR count). The maximum atomic E-state index is 12.2. The Bertz CT molecular complexity index is 884. The van der Waals surface area contributed by atoms with Crippen LogP contribution in [0.25, 0.3) is 0 Å². The number of nitrogens with two attached hydrogens (primary N) is 1. The molecule has 2 heterocycles. The van der Waals surface area contributed by atoms with Crippen LogP contribution in [0.5, 0.6) is 5.75 Å². The van der Waals surface area contributed by atoms with Crippen molar-refractivity contribution in [2.75, 3.05) is 31.1 Å². The Morgan fingerprint density at radius 1 is 1.28 bits per heavy atom. The van der Waals surface area contributed by atoms with Gasteiger partial charge >= 0.3 is 0 Å². The zero-order valence-electron chi connectivity index (χ0n) is 17.0. The second-order valence-electron chi connectivity index (χ2n) is 7.53.